The third kappa shape index (κ3) is 4.43. The number of hydrogen-bond donors (Lipinski definition) is 2. The molecule has 0 atom stereocenters. The van der Waals surface area contributed by atoms with Gasteiger partial charge in [0.1, 0.15) is 10.7 Å². The summed E-state index contributed by atoms with van der Waals surface area (Å²) in [6, 6.07) is 1.62. The Balaban J connectivity index is 2.98. The van der Waals surface area contributed by atoms with Crippen LogP contribution < -0.4 is 10.5 Å². The van der Waals surface area contributed by atoms with Gasteiger partial charge < -0.3 is 5.32 Å². The van der Waals surface area contributed by atoms with E-state index in [1.54, 1.807) is 0 Å². The maximum Gasteiger partial charge on any atom is 0.254 e. The van der Waals surface area contributed by atoms with Crippen LogP contribution in [-0.4, -0.2) is 20.9 Å². The molecule has 0 aliphatic rings. The van der Waals surface area contributed by atoms with E-state index in [-0.39, 0.29) is 5.02 Å². The summed E-state index contributed by atoms with van der Waals surface area (Å²) in [6.45, 7) is 2.40. The molecule has 0 bridgehead atoms. The van der Waals surface area contributed by atoms with Gasteiger partial charge in [0.2, 0.25) is 10.0 Å². The fraction of sp³-hybridized carbons (Fsp3) is 0.417. The summed E-state index contributed by atoms with van der Waals surface area (Å²) in [4.78, 5) is 11.3. The molecule has 20 heavy (non-hydrogen) atoms. The number of benzene rings is 1. The van der Waals surface area contributed by atoms with Crippen molar-refractivity contribution in [1.29, 1.82) is 0 Å². The van der Waals surface area contributed by atoms with Crippen molar-refractivity contribution in [3.05, 3.63) is 28.5 Å². The van der Waals surface area contributed by atoms with Gasteiger partial charge in [0.25, 0.3) is 5.91 Å². The van der Waals surface area contributed by atoms with Crippen molar-refractivity contribution in [2.75, 3.05) is 6.54 Å². The molecule has 8 heteroatoms. The molecule has 1 amide bonds. The fourth-order valence-corrected chi connectivity index (χ4v) is 2.68. The van der Waals surface area contributed by atoms with Crippen molar-refractivity contribution >= 4 is 27.5 Å². The van der Waals surface area contributed by atoms with Gasteiger partial charge in [0.15, 0.2) is 0 Å². The third-order valence-corrected chi connectivity index (χ3v) is 4.01. The minimum atomic E-state index is -4.11. The third-order valence-electron chi connectivity index (χ3n) is 2.64. The van der Waals surface area contributed by atoms with E-state index >= 15 is 0 Å². The van der Waals surface area contributed by atoms with Crippen molar-refractivity contribution in [3.8, 4) is 0 Å². The lowest BCUT2D eigenvalue weighted by molar-refractivity contribution is 0.0948. The number of carbonyl (C=O) groups is 1. The van der Waals surface area contributed by atoms with E-state index in [0.29, 0.717) is 6.54 Å². The predicted octanol–water partition coefficient (Wildman–Crippen LogP) is 2.05. The summed E-state index contributed by atoms with van der Waals surface area (Å²) in [5, 5.41) is 7.11. The summed E-state index contributed by atoms with van der Waals surface area (Å²) in [7, 11) is -4.11. The summed E-state index contributed by atoms with van der Waals surface area (Å²) >= 11 is 5.61. The lowest BCUT2D eigenvalue weighted by Crippen LogP contribution is -2.26. The normalized spacial score (nSPS) is 11.4. The highest BCUT2D eigenvalue weighted by Gasteiger charge is 2.20. The number of carbonyl (C=O) groups excluding carboxylic acids is 1. The second kappa shape index (κ2) is 7.01. The maximum absolute atomic E-state index is 13.7. The number of amides is 1. The Morgan fingerprint density at radius 1 is 1.40 bits per heavy atom. The Kier molecular flexibility index (Phi) is 5.91. The molecule has 1 aromatic carbocycles. The average Bonchev–Trinajstić information content (AvgIpc) is 2.32. The zero-order valence-electron chi connectivity index (χ0n) is 10.9. The van der Waals surface area contributed by atoms with E-state index in [0.717, 1.165) is 31.4 Å². The van der Waals surface area contributed by atoms with Crippen molar-refractivity contribution < 1.29 is 17.6 Å². The molecule has 0 heterocycles. The van der Waals surface area contributed by atoms with Crippen molar-refractivity contribution in [2.24, 2.45) is 5.14 Å². The van der Waals surface area contributed by atoms with Crippen molar-refractivity contribution in [2.45, 2.75) is 31.1 Å². The number of halogens is 2. The van der Waals surface area contributed by atoms with Crippen LogP contribution in [0.2, 0.25) is 5.02 Å². The van der Waals surface area contributed by atoms with Gasteiger partial charge in [-0.3, -0.25) is 4.79 Å². The smallest absolute Gasteiger partial charge is 0.254 e. The number of nitrogens with two attached hydrogens (primary N) is 1. The maximum atomic E-state index is 13.7. The van der Waals surface area contributed by atoms with E-state index in [4.69, 9.17) is 16.7 Å². The molecule has 0 saturated heterocycles. The molecule has 0 unspecified atom stereocenters. The number of rotatable bonds is 6. The number of nitrogens with one attached hydrogen (secondary N) is 1. The minimum absolute atomic E-state index is 0.354. The van der Waals surface area contributed by atoms with Crippen molar-refractivity contribution in [3.63, 3.8) is 0 Å². The molecule has 1 aromatic rings. The van der Waals surface area contributed by atoms with Crippen LogP contribution in [0.25, 0.3) is 0 Å². The summed E-state index contributed by atoms with van der Waals surface area (Å²) in [5.74, 6) is -1.59. The zero-order chi connectivity index (χ0) is 15.3. The first-order valence-electron chi connectivity index (χ1n) is 6.07. The lowest BCUT2D eigenvalue weighted by Gasteiger charge is -2.08. The lowest BCUT2D eigenvalue weighted by atomic mass is 10.2. The van der Waals surface area contributed by atoms with Crippen LogP contribution in [0.1, 0.15) is 36.5 Å². The molecule has 0 aromatic heterocycles. The average molecular weight is 323 g/mol. The Morgan fingerprint density at radius 2 is 2.05 bits per heavy atom. The quantitative estimate of drug-likeness (QED) is 0.785. The van der Waals surface area contributed by atoms with E-state index < -0.39 is 32.2 Å². The van der Waals surface area contributed by atoms with E-state index in [9.17, 15) is 17.6 Å². The monoisotopic (exact) mass is 322 g/mol. The molecular formula is C12H16ClFN2O3S. The first-order valence-corrected chi connectivity index (χ1v) is 7.99. The van der Waals surface area contributed by atoms with Gasteiger partial charge in [0.05, 0.1) is 10.6 Å². The summed E-state index contributed by atoms with van der Waals surface area (Å²) < 4.78 is 36.2. The van der Waals surface area contributed by atoms with Gasteiger partial charge in [-0.1, -0.05) is 31.4 Å². The van der Waals surface area contributed by atoms with Gasteiger partial charge in [-0.25, -0.2) is 17.9 Å². The van der Waals surface area contributed by atoms with Crippen LogP contribution in [0, 0.1) is 5.82 Å². The van der Waals surface area contributed by atoms with Crippen LogP contribution in [0.5, 0.6) is 0 Å². The molecule has 5 nitrogen and oxygen atoms in total. The Morgan fingerprint density at radius 3 is 2.60 bits per heavy atom. The highest BCUT2D eigenvalue weighted by Crippen LogP contribution is 2.24. The molecule has 0 radical (unpaired) electrons. The highest BCUT2D eigenvalue weighted by atomic mass is 35.5. The zero-order valence-corrected chi connectivity index (χ0v) is 12.5. The topological polar surface area (TPSA) is 89.3 Å². The number of sulfonamides is 1. The molecule has 0 aliphatic heterocycles. The van der Waals surface area contributed by atoms with Gasteiger partial charge >= 0.3 is 0 Å². The largest absolute Gasteiger partial charge is 0.352 e. The second-order valence-electron chi connectivity index (χ2n) is 4.27. The molecule has 112 valence electrons. The first kappa shape index (κ1) is 16.9. The number of primary sulfonamides is 1. The molecule has 0 saturated carbocycles. The van der Waals surface area contributed by atoms with Gasteiger partial charge in [-0.2, -0.15) is 0 Å². The molecular weight excluding hydrogens is 307 g/mol. The van der Waals surface area contributed by atoms with Crippen LogP contribution in [0.15, 0.2) is 17.0 Å². The van der Waals surface area contributed by atoms with E-state index in [1.165, 1.54) is 0 Å². The second-order valence-corrected chi connectivity index (χ2v) is 6.21. The van der Waals surface area contributed by atoms with E-state index in [1.807, 2.05) is 6.92 Å². The molecule has 1 rings (SSSR count). The molecule has 3 N–H and O–H groups in total. The standard InChI is InChI=1S/C12H16ClFN2O3S/c1-2-3-4-5-16-12(17)8-6-11(20(15,18)19)9(13)7-10(8)14/h6-7H,2-5H2,1H3,(H,16,17)(H2,15,18,19). The Labute approximate surface area is 122 Å². The molecule has 0 spiro atoms. The molecule has 0 aliphatic carbocycles. The van der Waals surface area contributed by atoms with Crippen molar-refractivity contribution in [1.82, 2.24) is 5.32 Å². The SMILES string of the molecule is CCCCCNC(=O)c1cc(S(N)(=O)=O)c(Cl)cc1F. The van der Waals surface area contributed by atoms with Crippen LogP contribution in [0.3, 0.4) is 0 Å². The number of unbranched alkanes of at least 4 members (excludes halogenated alkanes) is 2. The summed E-state index contributed by atoms with van der Waals surface area (Å²) in [6.07, 6.45) is 2.69. The summed E-state index contributed by atoms with van der Waals surface area (Å²) in [5.41, 5.74) is -0.394. The Hall–Kier alpha value is -1.18. The van der Waals surface area contributed by atoms with Crippen LogP contribution in [0.4, 0.5) is 4.39 Å². The van der Waals surface area contributed by atoms with Gasteiger partial charge in [-0.15, -0.1) is 0 Å². The number of hydrogen-bond acceptors (Lipinski definition) is 3. The van der Waals surface area contributed by atoms with E-state index in [2.05, 4.69) is 5.32 Å². The van der Waals surface area contributed by atoms with Crippen LogP contribution >= 0.6 is 11.6 Å². The highest BCUT2D eigenvalue weighted by molar-refractivity contribution is 7.89. The molecule has 0 fully saturated rings. The van der Waals surface area contributed by atoms with Gasteiger partial charge in [-0.05, 0) is 18.6 Å². The first-order chi connectivity index (χ1) is 9.27. The minimum Gasteiger partial charge on any atom is -0.352 e. The van der Waals surface area contributed by atoms with Gasteiger partial charge in [0, 0.05) is 6.54 Å². The Bertz CT molecular complexity index is 605. The fourth-order valence-electron chi connectivity index (χ4n) is 1.59. The van der Waals surface area contributed by atoms with Crippen LogP contribution in [-0.2, 0) is 10.0 Å². The predicted molar refractivity (Wildman–Crippen MR) is 74.6 cm³/mol.